The van der Waals surface area contributed by atoms with Gasteiger partial charge < -0.3 is 10.6 Å². The highest BCUT2D eigenvalue weighted by Crippen LogP contribution is 2.22. The number of hydrazine groups is 1. The lowest BCUT2D eigenvalue weighted by atomic mass is 9.95. The van der Waals surface area contributed by atoms with E-state index >= 15 is 0 Å². The van der Waals surface area contributed by atoms with E-state index in [4.69, 9.17) is 5.73 Å². The minimum Gasteiger partial charge on any atom is -0.338 e. The lowest BCUT2D eigenvalue weighted by Crippen LogP contribution is -2.38. The number of aliphatic imine (C=N–C) groups is 1. The third kappa shape index (κ3) is 5.32. The largest absolute Gasteiger partial charge is 0.338 e. The maximum Gasteiger partial charge on any atom is 0.254 e. The molecule has 0 radical (unpaired) electrons. The summed E-state index contributed by atoms with van der Waals surface area (Å²) in [6.45, 7) is 6.78. The van der Waals surface area contributed by atoms with Gasteiger partial charge in [-0.1, -0.05) is 44.2 Å². The Hall–Kier alpha value is -2.70. The molecule has 4 rings (SSSR count). The Morgan fingerprint density at radius 2 is 1.87 bits per heavy atom. The molecule has 0 spiro atoms. The third-order valence-electron chi connectivity index (χ3n) is 5.85. The lowest BCUT2D eigenvalue weighted by Gasteiger charge is -2.29. The molecular formula is C25H35N5O. The number of hydrogen-bond acceptors (Lipinski definition) is 5. The van der Waals surface area contributed by atoms with Crippen molar-refractivity contribution >= 4 is 11.7 Å². The minimum atomic E-state index is 0.153. The molecule has 31 heavy (non-hydrogen) atoms. The van der Waals surface area contributed by atoms with Gasteiger partial charge in [0.2, 0.25) is 0 Å². The molecule has 0 saturated carbocycles. The molecule has 0 unspecified atom stereocenters. The van der Waals surface area contributed by atoms with Gasteiger partial charge in [-0.25, -0.2) is 10.4 Å². The third-order valence-corrected chi connectivity index (χ3v) is 5.85. The van der Waals surface area contributed by atoms with Crippen LogP contribution in [0.3, 0.4) is 0 Å². The average molecular weight is 422 g/mol. The minimum absolute atomic E-state index is 0.153. The van der Waals surface area contributed by atoms with Crippen molar-refractivity contribution in [3.05, 3.63) is 70.3 Å². The highest BCUT2D eigenvalue weighted by Gasteiger charge is 2.25. The first-order valence-electron chi connectivity index (χ1n) is 11.4. The fourth-order valence-electron chi connectivity index (χ4n) is 4.19. The number of carbonyl (C=O) groups excluding carboxylic acids is 1. The van der Waals surface area contributed by atoms with E-state index in [1.165, 1.54) is 11.1 Å². The van der Waals surface area contributed by atoms with Crippen molar-refractivity contribution < 1.29 is 4.79 Å². The molecule has 0 aromatic heterocycles. The monoisotopic (exact) mass is 421 g/mol. The number of rotatable bonds is 7. The maximum atomic E-state index is 12.9. The van der Waals surface area contributed by atoms with Crippen LogP contribution >= 0.6 is 0 Å². The van der Waals surface area contributed by atoms with Crippen molar-refractivity contribution in [1.29, 1.82) is 0 Å². The molecule has 1 amide bonds. The Labute approximate surface area is 186 Å². The van der Waals surface area contributed by atoms with E-state index in [-0.39, 0.29) is 5.91 Å². The van der Waals surface area contributed by atoms with Crippen LogP contribution in [0.1, 0.15) is 59.3 Å². The fourth-order valence-corrected chi connectivity index (χ4v) is 4.19. The molecule has 6 heteroatoms. The lowest BCUT2D eigenvalue weighted by molar-refractivity contribution is 0.0737. The fraction of sp³-hybridized carbons (Fsp3) is 0.440. The van der Waals surface area contributed by atoms with Gasteiger partial charge in [-0.2, -0.15) is 0 Å². The molecule has 2 aromatic rings. The van der Waals surface area contributed by atoms with E-state index < -0.39 is 0 Å². The molecule has 0 aliphatic carbocycles. The van der Waals surface area contributed by atoms with Gasteiger partial charge in [0.15, 0.2) is 0 Å². The van der Waals surface area contributed by atoms with Gasteiger partial charge in [-0.15, -0.1) is 0 Å². The van der Waals surface area contributed by atoms with Crippen LogP contribution in [0.4, 0.5) is 0 Å². The molecule has 0 fully saturated rings. The summed E-state index contributed by atoms with van der Waals surface area (Å²) in [5.41, 5.74) is 14.6. The molecule has 0 saturated heterocycles. The summed E-state index contributed by atoms with van der Waals surface area (Å²) in [6, 6.07) is 14.4. The van der Waals surface area contributed by atoms with Gasteiger partial charge in [0.25, 0.3) is 5.91 Å². The predicted molar refractivity (Wildman–Crippen MR) is 127 cm³/mol. The SMILES string of the molecule is CC.CN1NCN=C1c1ccc2c(c1)CCN(CCCCc1ccccc1CN)C2=O. The average Bonchev–Trinajstić information content (AvgIpc) is 3.25. The topological polar surface area (TPSA) is 74.0 Å². The Kier molecular flexibility index (Phi) is 8.20. The maximum absolute atomic E-state index is 12.9. The van der Waals surface area contributed by atoms with E-state index in [2.05, 4.69) is 34.7 Å². The molecular weight excluding hydrogens is 386 g/mol. The summed E-state index contributed by atoms with van der Waals surface area (Å²) < 4.78 is 0. The summed E-state index contributed by atoms with van der Waals surface area (Å²) in [7, 11) is 1.96. The normalized spacial score (nSPS) is 15.4. The van der Waals surface area contributed by atoms with Crippen LogP contribution in [0.2, 0.25) is 0 Å². The van der Waals surface area contributed by atoms with Crippen LogP contribution in [-0.4, -0.2) is 48.5 Å². The molecule has 2 aliphatic rings. The van der Waals surface area contributed by atoms with Gasteiger partial charge >= 0.3 is 0 Å². The standard InChI is InChI=1S/C23H29N5O.C2H6/c1-27-22(25-16-26-27)19-9-10-21-18(14-19)11-13-28(23(21)29)12-5-4-7-17-6-2-3-8-20(17)15-24;1-2/h2-3,6,8-10,14,26H,4-5,7,11-13,15-16,24H2,1H3;1-2H3. The van der Waals surface area contributed by atoms with Gasteiger partial charge in [-0.05, 0) is 54.5 Å². The van der Waals surface area contributed by atoms with Crippen LogP contribution in [0, 0.1) is 0 Å². The first-order valence-corrected chi connectivity index (χ1v) is 11.4. The highest BCUT2D eigenvalue weighted by atomic mass is 16.2. The quantitative estimate of drug-likeness (QED) is 0.673. The number of nitrogens with zero attached hydrogens (tertiary/aromatic N) is 3. The van der Waals surface area contributed by atoms with E-state index in [9.17, 15) is 4.79 Å². The zero-order valence-corrected chi connectivity index (χ0v) is 19.0. The first kappa shape index (κ1) is 23.0. The van der Waals surface area contributed by atoms with Gasteiger partial charge in [-0.3, -0.25) is 9.80 Å². The number of amidine groups is 1. The molecule has 2 heterocycles. The molecule has 166 valence electrons. The molecule has 0 atom stereocenters. The van der Waals surface area contributed by atoms with Crippen LogP contribution in [0.5, 0.6) is 0 Å². The summed E-state index contributed by atoms with van der Waals surface area (Å²) in [6.07, 6.45) is 3.98. The Balaban J connectivity index is 0.00000132. The summed E-state index contributed by atoms with van der Waals surface area (Å²) >= 11 is 0. The molecule has 2 aromatic carbocycles. The van der Waals surface area contributed by atoms with Crippen LogP contribution < -0.4 is 11.2 Å². The first-order chi connectivity index (χ1) is 15.2. The van der Waals surface area contributed by atoms with Crippen molar-refractivity contribution in [3.8, 4) is 0 Å². The molecule has 3 N–H and O–H groups in total. The molecule has 0 bridgehead atoms. The second-order valence-corrected chi connectivity index (χ2v) is 7.70. The second-order valence-electron chi connectivity index (χ2n) is 7.70. The van der Waals surface area contributed by atoms with Crippen LogP contribution in [0.25, 0.3) is 0 Å². The Bertz CT molecular complexity index is 924. The molecule has 2 aliphatic heterocycles. The van der Waals surface area contributed by atoms with Crippen LogP contribution in [-0.2, 0) is 19.4 Å². The Morgan fingerprint density at radius 3 is 2.58 bits per heavy atom. The van der Waals surface area contributed by atoms with Gasteiger partial charge in [0.1, 0.15) is 12.5 Å². The van der Waals surface area contributed by atoms with Crippen molar-refractivity contribution in [2.75, 3.05) is 26.8 Å². The predicted octanol–water partition coefficient (Wildman–Crippen LogP) is 3.35. The number of aryl methyl sites for hydroxylation is 1. The van der Waals surface area contributed by atoms with Gasteiger partial charge in [0.05, 0.1) is 0 Å². The number of carbonyl (C=O) groups is 1. The number of amides is 1. The zero-order valence-electron chi connectivity index (χ0n) is 19.0. The van der Waals surface area contributed by atoms with Crippen molar-refractivity contribution in [2.45, 2.75) is 46.1 Å². The van der Waals surface area contributed by atoms with Gasteiger partial charge in [0, 0.05) is 37.8 Å². The second kappa shape index (κ2) is 11.1. The van der Waals surface area contributed by atoms with E-state index in [0.717, 1.165) is 61.3 Å². The number of benzene rings is 2. The number of nitrogens with one attached hydrogen (secondary N) is 1. The number of hydrogen-bond donors (Lipinski definition) is 2. The van der Waals surface area contributed by atoms with E-state index in [1.807, 2.05) is 49.0 Å². The summed E-state index contributed by atoms with van der Waals surface area (Å²) in [4.78, 5) is 19.4. The summed E-state index contributed by atoms with van der Waals surface area (Å²) in [5.74, 6) is 1.08. The number of unbranched alkanes of at least 4 members (excludes halogenated alkanes) is 1. The van der Waals surface area contributed by atoms with E-state index in [0.29, 0.717) is 13.2 Å². The van der Waals surface area contributed by atoms with Crippen molar-refractivity contribution in [3.63, 3.8) is 0 Å². The smallest absolute Gasteiger partial charge is 0.254 e. The van der Waals surface area contributed by atoms with E-state index in [1.54, 1.807) is 0 Å². The van der Waals surface area contributed by atoms with Crippen LogP contribution in [0.15, 0.2) is 47.5 Å². The number of nitrogens with two attached hydrogens (primary N) is 1. The molecule has 6 nitrogen and oxygen atoms in total. The zero-order chi connectivity index (χ0) is 22.2. The Morgan fingerprint density at radius 1 is 1.10 bits per heavy atom. The van der Waals surface area contributed by atoms with Crippen molar-refractivity contribution in [1.82, 2.24) is 15.3 Å². The highest BCUT2D eigenvalue weighted by molar-refractivity contribution is 6.02. The summed E-state index contributed by atoms with van der Waals surface area (Å²) in [5, 5.41) is 1.93. The number of fused-ring (bicyclic) bond motifs is 1. The van der Waals surface area contributed by atoms with Crippen molar-refractivity contribution in [2.24, 2.45) is 10.7 Å².